The second-order valence-electron chi connectivity index (χ2n) is 6.34. The highest BCUT2D eigenvalue weighted by molar-refractivity contribution is 14.0. The van der Waals surface area contributed by atoms with Crippen molar-refractivity contribution in [2.24, 2.45) is 12.0 Å². The van der Waals surface area contributed by atoms with Crippen LogP contribution in [-0.2, 0) is 13.6 Å². The van der Waals surface area contributed by atoms with Gasteiger partial charge in [-0.15, -0.1) is 24.0 Å². The standard InChI is InChI=1S/C18H24BrN5.HI/c1-11-16(12(2)24(4)23-11)10-21-18(20-3)22-17-9-15(17)13-5-7-14(19)8-6-13;/h5-8,15,17H,9-10H2,1-4H3,(H2,20,21,22);1H. The van der Waals surface area contributed by atoms with Gasteiger partial charge in [0.15, 0.2) is 5.96 Å². The molecule has 1 aliphatic carbocycles. The van der Waals surface area contributed by atoms with E-state index in [1.807, 2.05) is 25.7 Å². The molecule has 0 spiro atoms. The van der Waals surface area contributed by atoms with E-state index < -0.39 is 0 Å². The first-order valence-corrected chi connectivity index (χ1v) is 9.00. The number of nitrogens with one attached hydrogen (secondary N) is 2. The van der Waals surface area contributed by atoms with E-state index in [0.717, 1.165) is 29.1 Å². The van der Waals surface area contributed by atoms with Gasteiger partial charge >= 0.3 is 0 Å². The Labute approximate surface area is 174 Å². The summed E-state index contributed by atoms with van der Waals surface area (Å²) >= 11 is 3.49. The quantitative estimate of drug-likeness (QED) is 0.370. The molecule has 0 bridgehead atoms. The molecule has 2 atom stereocenters. The van der Waals surface area contributed by atoms with Crippen LogP contribution in [0, 0.1) is 13.8 Å². The zero-order valence-corrected chi connectivity index (χ0v) is 18.9. The fourth-order valence-corrected chi connectivity index (χ4v) is 3.31. The fourth-order valence-electron chi connectivity index (χ4n) is 3.05. The summed E-state index contributed by atoms with van der Waals surface area (Å²) in [6, 6.07) is 9.04. The molecule has 25 heavy (non-hydrogen) atoms. The number of aryl methyl sites for hydroxylation is 2. The normalized spacial score (nSPS) is 19.3. The Hall–Kier alpha value is -1.09. The van der Waals surface area contributed by atoms with Crippen LogP contribution < -0.4 is 10.6 Å². The molecule has 0 amide bonds. The van der Waals surface area contributed by atoms with Crippen molar-refractivity contribution < 1.29 is 0 Å². The molecular weight excluding hydrogens is 493 g/mol. The first-order chi connectivity index (χ1) is 11.5. The van der Waals surface area contributed by atoms with Crippen molar-refractivity contribution in [3.05, 3.63) is 51.3 Å². The van der Waals surface area contributed by atoms with Crippen LogP contribution in [-0.4, -0.2) is 28.8 Å². The van der Waals surface area contributed by atoms with Gasteiger partial charge in [0, 0.05) is 48.3 Å². The molecule has 3 rings (SSSR count). The molecule has 2 N–H and O–H groups in total. The van der Waals surface area contributed by atoms with Crippen molar-refractivity contribution in [1.29, 1.82) is 0 Å². The van der Waals surface area contributed by atoms with Gasteiger partial charge in [0.2, 0.25) is 0 Å². The van der Waals surface area contributed by atoms with Crippen molar-refractivity contribution in [2.75, 3.05) is 7.05 Å². The third-order valence-corrected chi connectivity index (χ3v) is 5.25. The highest BCUT2D eigenvalue weighted by atomic mass is 127. The van der Waals surface area contributed by atoms with Crippen molar-refractivity contribution >= 4 is 45.9 Å². The second kappa shape index (κ2) is 8.53. The molecule has 1 saturated carbocycles. The minimum absolute atomic E-state index is 0. The van der Waals surface area contributed by atoms with E-state index in [-0.39, 0.29) is 24.0 Å². The molecule has 2 unspecified atom stereocenters. The molecule has 5 nitrogen and oxygen atoms in total. The van der Waals surface area contributed by atoms with Crippen molar-refractivity contribution in [2.45, 2.75) is 38.8 Å². The summed E-state index contributed by atoms with van der Waals surface area (Å²) in [5, 5.41) is 11.4. The SMILES string of the molecule is CN=C(NCc1c(C)nn(C)c1C)NC1CC1c1ccc(Br)cc1.I. The Morgan fingerprint density at radius 3 is 2.56 bits per heavy atom. The number of guanidine groups is 1. The second-order valence-corrected chi connectivity index (χ2v) is 7.26. The summed E-state index contributed by atoms with van der Waals surface area (Å²) in [4.78, 5) is 4.35. The Morgan fingerprint density at radius 2 is 2.00 bits per heavy atom. The highest BCUT2D eigenvalue weighted by Gasteiger charge is 2.38. The number of aromatic nitrogens is 2. The van der Waals surface area contributed by atoms with Crippen LogP contribution in [0.25, 0.3) is 0 Å². The molecule has 0 aliphatic heterocycles. The molecule has 1 fully saturated rings. The molecule has 2 aromatic rings. The summed E-state index contributed by atoms with van der Waals surface area (Å²) in [5.74, 6) is 1.42. The first kappa shape index (κ1) is 20.2. The number of halogens is 2. The predicted molar refractivity (Wildman–Crippen MR) is 117 cm³/mol. The number of hydrogen-bond donors (Lipinski definition) is 2. The van der Waals surface area contributed by atoms with Crippen LogP contribution in [0.2, 0.25) is 0 Å². The predicted octanol–water partition coefficient (Wildman–Crippen LogP) is 3.64. The number of rotatable bonds is 4. The Kier molecular flexibility index (Phi) is 6.90. The molecule has 136 valence electrons. The average Bonchev–Trinajstić information content (AvgIpc) is 3.28. The summed E-state index contributed by atoms with van der Waals surface area (Å²) < 4.78 is 3.04. The smallest absolute Gasteiger partial charge is 0.191 e. The monoisotopic (exact) mass is 517 g/mol. The molecule has 1 aromatic carbocycles. The van der Waals surface area contributed by atoms with Gasteiger partial charge in [-0.25, -0.2) is 0 Å². The Morgan fingerprint density at radius 1 is 1.32 bits per heavy atom. The fraction of sp³-hybridized carbons (Fsp3) is 0.444. The van der Waals surface area contributed by atoms with E-state index in [9.17, 15) is 0 Å². The number of hydrogen-bond acceptors (Lipinski definition) is 2. The number of aliphatic imine (C=N–C) groups is 1. The van der Waals surface area contributed by atoms with Crippen LogP contribution in [0.5, 0.6) is 0 Å². The average molecular weight is 518 g/mol. The number of nitrogens with zero attached hydrogens (tertiary/aromatic N) is 3. The van der Waals surface area contributed by atoms with E-state index in [4.69, 9.17) is 0 Å². The van der Waals surface area contributed by atoms with E-state index in [0.29, 0.717) is 12.0 Å². The van der Waals surface area contributed by atoms with Crippen LogP contribution >= 0.6 is 39.9 Å². The Balaban J connectivity index is 0.00000225. The summed E-state index contributed by atoms with van der Waals surface area (Å²) in [7, 11) is 3.79. The lowest BCUT2D eigenvalue weighted by Crippen LogP contribution is -2.38. The largest absolute Gasteiger partial charge is 0.353 e. The third-order valence-electron chi connectivity index (χ3n) is 4.73. The van der Waals surface area contributed by atoms with Gasteiger partial charge in [-0.3, -0.25) is 9.67 Å². The van der Waals surface area contributed by atoms with Gasteiger partial charge in [0.05, 0.1) is 5.69 Å². The van der Waals surface area contributed by atoms with Gasteiger partial charge in [-0.05, 0) is 38.0 Å². The van der Waals surface area contributed by atoms with Gasteiger partial charge in [0.1, 0.15) is 0 Å². The van der Waals surface area contributed by atoms with E-state index in [2.05, 4.69) is 67.8 Å². The van der Waals surface area contributed by atoms with Gasteiger partial charge in [0.25, 0.3) is 0 Å². The molecule has 1 heterocycles. The lowest BCUT2D eigenvalue weighted by atomic mass is 10.1. The lowest BCUT2D eigenvalue weighted by molar-refractivity contribution is 0.728. The number of benzene rings is 1. The first-order valence-electron chi connectivity index (χ1n) is 8.21. The highest BCUT2D eigenvalue weighted by Crippen LogP contribution is 2.40. The van der Waals surface area contributed by atoms with Gasteiger partial charge in [-0.1, -0.05) is 28.1 Å². The minimum Gasteiger partial charge on any atom is -0.353 e. The van der Waals surface area contributed by atoms with Crippen molar-refractivity contribution in [3.8, 4) is 0 Å². The van der Waals surface area contributed by atoms with E-state index >= 15 is 0 Å². The van der Waals surface area contributed by atoms with Crippen LogP contribution in [0.1, 0.15) is 34.9 Å². The summed E-state index contributed by atoms with van der Waals surface area (Å²) in [6.45, 7) is 4.88. The van der Waals surface area contributed by atoms with Gasteiger partial charge in [-0.2, -0.15) is 5.10 Å². The summed E-state index contributed by atoms with van der Waals surface area (Å²) in [6.07, 6.45) is 1.15. The zero-order valence-electron chi connectivity index (χ0n) is 15.0. The molecular formula is C18H25BrIN5. The summed E-state index contributed by atoms with van der Waals surface area (Å²) in [5.41, 5.74) is 4.87. The topological polar surface area (TPSA) is 54.2 Å². The maximum atomic E-state index is 4.46. The van der Waals surface area contributed by atoms with Crippen LogP contribution in [0.3, 0.4) is 0 Å². The molecule has 1 aliphatic rings. The lowest BCUT2D eigenvalue weighted by Gasteiger charge is -2.12. The van der Waals surface area contributed by atoms with Crippen molar-refractivity contribution in [3.63, 3.8) is 0 Å². The van der Waals surface area contributed by atoms with E-state index in [1.54, 1.807) is 0 Å². The molecule has 1 aromatic heterocycles. The van der Waals surface area contributed by atoms with Gasteiger partial charge < -0.3 is 10.6 Å². The molecule has 0 radical (unpaired) electrons. The van der Waals surface area contributed by atoms with Crippen molar-refractivity contribution in [1.82, 2.24) is 20.4 Å². The maximum absolute atomic E-state index is 4.46. The molecule has 0 saturated heterocycles. The third kappa shape index (κ3) is 4.75. The van der Waals surface area contributed by atoms with E-state index in [1.165, 1.54) is 16.8 Å². The van der Waals surface area contributed by atoms with Crippen LogP contribution in [0.4, 0.5) is 0 Å². The zero-order chi connectivity index (χ0) is 17.3. The Bertz CT molecular complexity index is 754. The minimum atomic E-state index is 0. The molecule has 7 heteroatoms. The van der Waals surface area contributed by atoms with Crippen LogP contribution in [0.15, 0.2) is 33.7 Å². The maximum Gasteiger partial charge on any atom is 0.191 e.